The number of aliphatic carboxylic acids is 1. The van der Waals surface area contributed by atoms with Gasteiger partial charge in [0.1, 0.15) is 5.84 Å². The molecular formula is C16H13N3O2. The molecule has 3 rings (SSSR count). The van der Waals surface area contributed by atoms with Gasteiger partial charge in [0.05, 0.1) is 5.69 Å². The number of carbonyl (C=O) groups is 1. The molecule has 1 aliphatic heterocycles. The molecule has 104 valence electrons. The number of rotatable bonds is 2. The fraction of sp³-hybridized carbons (Fsp3) is 0.0625. The predicted molar refractivity (Wildman–Crippen MR) is 81.2 cm³/mol. The van der Waals surface area contributed by atoms with E-state index in [1.807, 2.05) is 30.3 Å². The van der Waals surface area contributed by atoms with E-state index in [4.69, 9.17) is 10.8 Å². The number of nitrogens with two attached hydrogens (primary N) is 1. The fourth-order valence-electron chi connectivity index (χ4n) is 2.24. The summed E-state index contributed by atoms with van der Waals surface area (Å²) in [5.74, 6) is -0.678. The van der Waals surface area contributed by atoms with Crippen LogP contribution in [0.25, 0.3) is 17.2 Å². The lowest BCUT2D eigenvalue weighted by molar-refractivity contribution is -0.132. The Kier molecular flexibility index (Phi) is 3.23. The van der Waals surface area contributed by atoms with Crippen molar-refractivity contribution in [2.24, 2.45) is 10.7 Å². The number of carboxylic acid groups (broad SMARTS) is 1. The van der Waals surface area contributed by atoms with Crippen molar-refractivity contribution in [3.05, 3.63) is 53.9 Å². The number of benzene rings is 1. The first-order chi connectivity index (χ1) is 10.1. The van der Waals surface area contributed by atoms with Crippen molar-refractivity contribution in [2.75, 3.05) is 0 Å². The Balaban J connectivity index is 2.11. The third-order valence-corrected chi connectivity index (χ3v) is 3.27. The molecule has 0 atom stereocenters. The zero-order chi connectivity index (χ0) is 14.8. The molecule has 0 saturated carbocycles. The molecule has 21 heavy (non-hydrogen) atoms. The zero-order valence-electron chi connectivity index (χ0n) is 11.2. The number of hydrogen-bond donors (Lipinski definition) is 2. The van der Waals surface area contributed by atoms with Crippen molar-refractivity contribution in [2.45, 2.75) is 6.42 Å². The van der Waals surface area contributed by atoms with Crippen molar-refractivity contribution in [3.8, 4) is 11.1 Å². The summed E-state index contributed by atoms with van der Waals surface area (Å²) in [5.41, 5.74) is 9.40. The van der Waals surface area contributed by atoms with Gasteiger partial charge < -0.3 is 10.8 Å². The molecule has 5 heteroatoms. The van der Waals surface area contributed by atoms with E-state index in [-0.39, 0.29) is 12.0 Å². The first-order valence-corrected chi connectivity index (χ1v) is 6.45. The Hall–Kier alpha value is -2.95. The van der Waals surface area contributed by atoms with Crippen LogP contribution in [0.5, 0.6) is 0 Å². The third-order valence-electron chi connectivity index (χ3n) is 3.27. The molecule has 0 fully saturated rings. The maximum atomic E-state index is 11.2. The second-order valence-corrected chi connectivity index (χ2v) is 4.77. The summed E-state index contributed by atoms with van der Waals surface area (Å²) in [6.45, 7) is 0. The highest BCUT2D eigenvalue weighted by Gasteiger charge is 2.15. The van der Waals surface area contributed by atoms with Crippen LogP contribution in [0.1, 0.15) is 12.0 Å². The highest BCUT2D eigenvalue weighted by Crippen LogP contribution is 2.31. The van der Waals surface area contributed by atoms with Gasteiger partial charge in [-0.3, -0.25) is 4.98 Å². The number of fused-ring (bicyclic) bond motifs is 1. The van der Waals surface area contributed by atoms with Gasteiger partial charge in [-0.1, -0.05) is 18.2 Å². The summed E-state index contributed by atoms with van der Waals surface area (Å²) < 4.78 is 0. The van der Waals surface area contributed by atoms with Crippen LogP contribution in [0.2, 0.25) is 0 Å². The van der Waals surface area contributed by atoms with Crippen LogP contribution < -0.4 is 5.73 Å². The van der Waals surface area contributed by atoms with Crippen LogP contribution >= 0.6 is 0 Å². The van der Waals surface area contributed by atoms with Gasteiger partial charge in [0, 0.05) is 35.5 Å². The molecule has 0 aliphatic carbocycles. The highest BCUT2D eigenvalue weighted by molar-refractivity contribution is 6.02. The molecule has 2 aromatic rings. The normalized spacial score (nSPS) is 13.7. The Labute approximate surface area is 121 Å². The summed E-state index contributed by atoms with van der Waals surface area (Å²) in [6, 6.07) is 9.48. The Morgan fingerprint density at radius 3 is 2.81 bits per heavy atom. The Morgan fingerprint density at radius 2 is 2.10 bits per heavy atom. The van der Waals surface area contributed by atoms with Gasteiger partial charge >= 0.3 is 5.97 Å². The predicted octanol–water partition coefficient (Wildman–Crippen LogP) is 2.61. The van der Waals surface area contributed by atoms with E-state index in [1.165, 1.54) is 0 Å². The van der Waals surface area contributed by atoms with E-state index in [9.17, 15) is 4.79 Å². The summed E-state index contributed by atoms with van der Waals surface area (Å²) >= 11 is 0. The molecule has 0 saturated heterocycles. The van der Waals surface area contributed by atoms with Crippen LogP contribution in [0.3, 0.4) is 0 Å². The van der Waals surface area contributed by atoms with E-state index in [0.717, 1.165) is 16.7 Å². The van der Waals surface area contributed by atoms with Gasteiger partial charge in [0.25, 0.3) is 0 Å². The van der Waals surface area contributed by atoms with Crippen LogP contribution in [0, 0.1) is 0 Å². The lowest BCUT2D eigenvalue weighted by Crippen LogP contribution is -2.14. The summed E-state index contributed by atoms with van der Waals surface area (Å²) in [4.78, 5) is 19.6. The number of carboxylic acids is 1. The minimum absolute atomic E-state index is 0.145. The second kappa shape index (κ2) is 5.20. The van der Waals surface area contributed by atoms with Crippen molar-refractivity contribution < 1.29 is 9.90 Å². The average molecular weight is 279 g/mol. The number of pyridine rings is 1. The molecule has 1 aliphatic rings. The first kappa shape index (κ1) is 13.1. The van der Waals surface area contributed by atoms with Gasteiger partial charge in [-0.05, 0) is 23.8 Å². The number of aromatic nitrogens is 1. The van der Waals surface area contributed by atoms with Crippen molar-refractivity contribution >= 4 is 23.6 Å². The third kappa shape index (κ3) is 2.67. The monoisotopic (exact) mass is 279 g/mol. The molecule has 0 unspecified atom stereocenters. The summed E-state index contributed by atoms with van der Waals surface area (Å²) in [6.07, 6.45) is 5.25. The lowest BCUT2D eigenvalue weighted by atomic mass is 10.0. The second-order valence-electron chi connectivity index (χ2n) is 4.77. The van der Waals surface area contributed by atoms with Crippen LogP contribution in [0.4, 0.5) is 5.69 Å². The Bertz CT molecular complexity index is 764. The topological polar surface area (TPSA) is 88.6 Å². The minimum atomic E-state index is -0.975. The molecule has 3 N–H and O–H groups in total. The van der Waals surface area contributed by atoms with Crippen molar-refractivity contribution in [3.63, 3.8) is 0 Å². The SMILES string of the molecule is NC1=Nc2cc(-c3cccnc3)ccc2C=C(C(=O)O)C1. The molecule has 0 spiro atoms. The molecule has 0 radical (unpaired) electrons. The van der Waals surface area contributed by atoms with E-state index in [2.05, 4.69) is 9.98 Å². The standard InChI is InChI=1S/C16H13N3O2/c17-15-8-13(16(20)21)6-11-4-3-10(7-14(11)19-15)12-2-1-5-18-9-12/h1-7,9H,8H2,(H2,17,19)(H,20,21). The van der Waals surface area contributed by atoms with E-state index in [1.54, 1.807) is 18.5 Å². The first-order valence-electron chi connectivity index (χ1n) is 6.45. The summed E-state index contributed by atoms with van der Waals surface area (Å²) in [5, 5.41) is 9.15. The number of aliphatic imine (C=N–C) groups is 1. The highest BCUT2D eigenvalue weighted by atomic mass is 16.4. The summed E-state index contributed by atoms with van der Waals surface area (Å²) in [7, 11) is 0. The van der Waals surface area contributed by atoms with Gasteiger partial charge in [-0.15, -0.1) is 0 Å². The van der Waals surface area contributed by atoms with E-state index >= 15 is 0 Å². The minimum Gasteiger partial charge on any atom is -0.478 e. The average Bonchev–Trinajstić information content (AvgIpc) is 2.65. The van der Waals surface area contributed by atoms with Crippen LogP contribution in [0.15, 0.2) is 53.3 Å². The number of nitrogens with zero attached hydrogens (tertiary/aromatic N) is 2. The van der Waals surface area contributed by atoms with Gasteiger partial charge in [-0.25, -0.2) is 9.79 Å². The molecule has 1 aromatic heterocycles. The van der Waals surface area contributed by atoms with Crippen LogP contribution in [-0.4, -0.2) is 21.9 Å². The molecule has 2 heterocycles. The Morgan fingerprint density at radius 1 is 1.24 bits per heavy atom. The van der Waals surface area contributed by atoms with Crippen LogP contribution in [-0.2, 0) is 4.79 Å². The molecule has 0 bridgehead atoms. The zero-order valence-corrected chi connectivity index (χ0v) is 11.2. The van der Waals surface area contributed by atoms with Gasteiger partial charge in [-0.2, -0.15) is 0 Å². The smallest absolute Gasteiger partial charge is 0.332 e. The maximum Gasteiger partial charge on any atom is 0.332 e. The van der Waals surface area contributed by atoms with Gasteiger partial charge in [0.2, 0.25) is 0 Å². The molecular weight excluding hydrogens is 266 g/mol. The molecule has 5 nitrogen and oxygen atoms in total. The molecule has 1 aromatic carbocycles. The lowest BCUT2D eigenvalue weighted by Gasteiger charge is -2.05. The van der Waals surface area contributed by atoms with Gasteiger partial charge in [0.15, 0.2) is 0 Å². The van der Waals surface area contributed by atoms with E-state index in [0.29, 0.717) is 11.5 Å². The largest absolute Gasteiger partial charge is 0.478 e. The van der Waals surface area contributed by atoms with E-state index < -0.39 is 5.97 Å². The quantitative estimate of drug-likeness (QED) is 0.884. The van der Waals surface area contributed by atoms with Crippen molar-refractivity contribution in [1.82, 2.24) is 4.98 Å². The number of hydrogen-bond acceptors (Lipinski definition) is 4. The number of amidine groups is 1. The maximum absolute atomic E-state index is 11.2. The van der Waals surface area contributed by atoms with Crippen molar-refractivity contribution in [1.29, 1.82) is 0 Å². The molecule has 0 amide bonds. The fourth-order valence-corrected chi connectivity index (χ4v) is 2.24.